The summed E-state index contributed by atoms with van der Waals surface area (Å²) >= 11 is 0. The van der Waals surface area contributed by atoms with E-state index in [1.165, 1.54) is 0 Å². The first-order valence-corrected chi connectivity index (χ1v) is 9.76. The van der Waals surface area contributed by atoms with E-state index >= 15 is 0 Å². The quantitative estimate of drug-likeness (QED) is 0.546. The van der Waals surface area contributed by atoms with Crippen LogP contribution in [0, 0.1) is 0 Å². The Balaban J connectivity index is 1.50. The van der Waals surface area contributed by atoms with Gasteiger partial charge < -0.3 is 14.6 Å². The topological polar surface area (TPSA) is 75.4 Å². The molecule has 1 aliphatic heterocycles. The van der Waals surface area contributed by atoms with Crippen LogP contribution in [0.25, 0.3) is 22.4 Å². The second-order valence-corrected chi connectivity index (χ2v) is 7.27. The Bertz CT molecular complexity index is 1280. The number of rotatable bonds is 3. The molecule has 6 heteroatoms. The van der Waals surface area contributed by atoms with Crippen LogP contribution in [0.4, 0.5) is 11.4 Å². The summed E-state index contributed by atoms with van der Waals surface area (Å²) in [7, 11) is 0. The molecule has 6 nitrogen and oxygen atoms in total. The number of pyridine rings is 1. The molecule has 1 N–H and O–H groups in total. The molecule has 148 valence electrons. The van der Waals surface area contributed by atoms with E-state index in [4.69, 9.17) is 4.42 Å². The fourth-order valence-corrected chi connectivity index (χ4v) is 3.92. The SMILES string of the molecule is CC(=O)N1CCc2cc(NC(=O)c3cc(-c4ccco4)nc4ccccc34)ccc21. The fraction of sp³-hybridized carbons (Fsp3) is 0.125. The maximum absolute atomic E-state index is 13.2. The minimum Gasteiger partial charge on any atom is -0.463 e. The number of benzene rings is 2. The molecular formula is C24H19N3O3. The van der Waals surface area contributed by atoms with Gasteiger partial charge in [0.15, 0.2) is 5.76 Å². The summed E-state index contributed by atoms with van der Waals surface area (Å²) in [5.74, 6) is 0.415. The van der Waals surface area contributed by atoms with E-state index in [1.54, 1.807) is 30.2 Å². The molecule has 1 aliphatic rings. The molecule has 2 amide bonds. The number of nitrogens with zero attached hydrogens (tertiary/aromatic N) is 2. The molecule has 3 heterocycles. The number of nitrogens with one attached hydrogen (secondary N) is 1. The van der Waals surface area contributed by atoms with Crippen molar-refractivity contribution in [3.05, 3.63) is 78.1 Å². The summed E-state index contributed by atoms with van der Waals surface area (Å²) < 4.78 is 5.47. The highest BCUT2D eigenvalue weighted by Crippen LogP contribution is 2.31. The first-order chi connectivity index (χ1) is 14.6. The Morgan fingerprint density at radius 3 is 2.73 bits per heavy atom. The number of carbonyl (C=O) groups is 2. The van der Waals surface area contributed by atoms with Crippen LogP contribution in [0.5, 0.6) is 0 Å². The predicted molar refractivity (Wildman–Crippen MR) is 116 cm³/mol. The van der Waals surface area contributed by atoms with E-state index in [2.05, 4.69) is 10.3 Å². The van der Waals surface area contributed by atoms with Crippen LogP contribution < -0.4 is 10.2 Å². The van der Waals surface area contributed by atoms with Gasteiger partial charge >= 0.3 is 0 Å². The maximum atomic E-state index is 13.2. The van der Waals surface area contributed by atoms with Crippen molar-refractivity contribution < 1.29 is 14.0 Å². The van der Waals surface area contributed by atoms with Gasteiger partial charge in [0.2, 0.25) is 5.91 Å². The van der Waals surface area contributed by atoms with Gasteiger partial charge in [0.1, 0.15) is 5.69 Å². The second-order valence-electron chi connectivity index (χ2n) is 7.27. The lowest BCUT2D eigenvalue weighted by molar-refractivity contribution is -0.116. The van der Waals surface area contributed by atoms with Crippen LogP contribution in [0.15, 0.2) is 71.3 Å². The first kappa shape index (κ1) is 18.1. The van der Waals surface area contributed by atoms with E-state index in [-0.39, 0.29) is 11.8 Å². The van der Waals surface area contributed by atoms with Crippen LogP contribution >= 0.6 is 0 Å². The number of anilines is 2. The van der Waals surface area contributed by atoms with Crippen LogP contribution in [0.1, 0.15) is 22.8 Å². The van der Waals surface area contributed by atoms with Crippen LogP contribution in [-0.4, -0.2) is 23.3 Å². The third-order valence-electron chi connectivity index (χ3n) is 5.35. The number of furan rings is 1. The summed E-state index contributed by atoms with van der Waals surface area (Å²) in [4.78, 5) is 31.3. The Kier molecular flexibility index (Phi) is 4.32. The molecule has 0 saturated heterocycles. The first-order valence-electron chi connectivity index (χ1n) is 9.76. The molecule has 0 saturated carbocycles. The number of hydrogen-bond donors (Lipinski definition) is 1. The third-order valence-corrected chi connectivity index (χ3v) is 5.35. The Morgan fingerprint density at radius 2 is 1.93 bits per heavy atom. The zero-order valence-corrected chi connectivity index (χ0v) is 16.4. The number of amides is 2. The lowest BCUT2D eigenvalue weighted by Crippen LogP contribution is -2.25. The molecule has 5 rings (SSSR count). The van der Waals surface area contributed by atoms with Crippen molar-refractivity contribution in [3.8, 4) is 11.5 Å². The summed E-state index contributed by atoms with van der Waals surface area (Å²) in [6.45, 7) is 2.24. The van der Waals surface area contributed by atoms with Gasteiger partial charge in [-0.3, -0.25) is 9.59 Å². The van der Waals surface area contributed by atoms with Gasteiger partial charge in [-0.25, -0.2) is 4.98 Å². The largest absolute Gasteiger partial charge is 0.463 e. The zero-order chi connectivity index (χ0) is 20.7. The number of carbonyl (C=O) groups excluding carboxylic acids is 2. The average Bonchev–Trinajstić information content (AvgIpc) is 3.42. The second kappa shape index (κ2) is 7.15. The Hall–Kier alpha value is -3.93. The molecule has 0 radical (unpaired) electrons. The number of para-hydroxylation sites is 1. The molecule has 0 fully saturated rings. The lowest BCUT2D eigenvalue weighted by Gasteiger charge is -2.15. The van der Waals surface area contributed by atoms with E-state index in [0.717, 1.165) is 28.6 Å². The molecule has 4 aromatic rings. The van der Waals surface area contributed by atoms with E-state index in [0.29, 0.717) is 29.2 Å². The van der Waals surface area contributed by atoms with Crippen molar-refractivity contribution in [2.24, 2.45) is 0 Å². The summed E-state index contributed by atoms with van der Waals surface area (Å²) in [6, 6.07) is 18.6. The minimum atomic E-state index is -0.220. The molecular weight excluding hydrogens is 378 g/mol. The van der Waals surface area contributed by atoms with Gasteiger partial charge in [-0.05, 0) is 54.4 Å². The van der Waals surface area contributed by atoms with Crippen LogP contribution in [0.3, 0.4) is 0 Å². The standard InChI is InChI=1S/C24H19N3O3/c1-15(28)27-11-10-16-13-17(8-9-22(16)27)25-24(29)19-14-21(23-7-4-12-30-23)26-20-6-3-2-5-18(19)20/h2-9,12-14H,10-11H2,1H3,(H,25,29). The molecule has 2 aromatic heterocycles. The average molecular weight is 397 g/mol. The highest BCUT2D eigenvalue weighted by molar-refractivity contribution is 6.13. The van der Waals surface area contributed by atoms with Crippen molar-refractivity contribution in [3.63, 3.8) is 0 Å². The Morgan fingerprint density at radius 1 is 1.07 bits per heavy atom. The van der Waals surface area contributed by atoms with Crippen LogP contribution in [-0.2, 0) is 11.2 Å². The van der Waals surface area contributed by atoms with Gasteiger partial charge in [-0.2, -0.15) is 0 Å². The number of hydrogen-bond acceptors (Lipinski definition) is 4. The summed E-state index contributed by atoms with van der Waals surface area (Å²) in [6.07, 6.45) is 2.36. The van der Waals surface area contributed by atoms with E-state index < -0.39 is 0 Å². The van der Waals surface area contributed by atoms with Gasteiger partial charge in [-0.15, -0.1) is 0 Å². The van der Waals surface area contributed by atoms with Crippen molar-refractivity contribution in [2.45, 2.75) is 13.3 Å². The molecule has 2 aromatic carbocycles. The Labute approximate surface area is 173 Å². The molecule has 0 spiro atoms. The van der Waals surface area contributed by atoms with Crippen molar-refractivity contribution in [1.82, 2.24) is 4.98 Å². The smallest absolute Gasteiger partial charge is 0.256 e. The monoisotopic (exact) mass is 397 g/mol. The molecule has 0 bridgehead atoms. The number of fused-ring (bicyclic) bond motifs is 2. The lowest BCUT2D eigenvalue weighted by atomic mass is 10.1. The van der Waals surface area contributed by atoms with Crippen molar-refractivity contribution in [2.75, 3.05) is 16.8 Å². The van der Waals surface area contributed by atoms with E-state index in [1.807, 2.05) is 48.5 Å². The van der Waals surface area contributed by atoms with Gasteiger partial charge in [0, 0.05) is 30.2 Å². The van der Waals surface area contributed by atoms with Gasteiger partial charge in [0.05, 0.1) is 17.3 Å². The number of aromatic nitrogens is 1. The fourth-order valence-electron chi connectivity index (χ4n) is 3.92. The third kappa shape index (κ3) is 3.12. The minimum absolute atomic E-state index is 0.0271. The highest BCUT2D eigenvalue weighted by atomic mass is 16.3. The summed E-state index contributed by atoms with van der Waals surface area (Å²) in [5.41, 5.74) is 4.52. The predicted octanol–water partition coefficient (Wildman–Crippen LogP) is 4.66. The zero-order valence-electron chi connectivity index (χ0n) is 16.4. The van der Waals surface area contributed by atoms with E-state index in [9.17, 15) is 9.59 Å². The molecule has 0 unspecified atom stereocenters. The van der Waals surface area contributed by atoms with Gasteiger partial charge in [0.25, 0.3) is 5.91 Å². The summed E-state index contributed by atoms with van der Waals surface area (Å²) in [5, 5.41) is 3.77. The highest BCUT2D eigenvalue weighted by Gasteiger charge is 2.23. The maximum Gasteiger partial charge on any atom is 0.256 e. The normalized spacial score (nSPS) is 12.8. The molecule has 0 aliphatic carbocycles. The molecule has 0 atom stereocenters. The van der Waals surface area contributed by atoms with Gasteiger partial charge in [-0.1, -0.05) is 18.2 Å². The van der Waals surface area contributed by atoms with Crippen LogP contribution in [0.2, 0.25) is 0 Å². The van der Waals surface area contributed by atoms with Crippen molar-refractivity contribution in [1.29, 1.82) is 0 Å². The van der Waals surface area contributed by atoms with Crippen molar-refractivity contribution >= 4 is 34.1 Å². The molecule has 30 heavy (non-hydrogen) atoms.